The lowest BCUT2D eigenvalue weighted by atomic mass is 10.1. The van der Waals surface area contributed by atoms with E-state index in [1.807, 2.05) is 4.72 Å². The lowest BCUT2D eigenvalue weighted by Crippen LogP contribution is -2.33. The van der Waals surface area contributed by atoms with Gasteiger partial charge in [0.15, 0.2) is 5.75 Å². The summed E-state index contributed by atoms with van der Waals surface area (Å²) in [6.45, 7) is 1.55. The molecule has 0 fully saturated rings. The minimum Gasteiger partial charge on any atom is -0.497 e. The van der Waals surface area contributed by atoms with Crippen LogP contribution in [0.25, 0.3) is 0 Å². The maximum Gasteiger partial charge on any atom is 0.414 e. The number of sulfonamides is 1. The fourth-order valence-corrected chi connectivity index (χ4v) is 4.73. The van der Waals surface area contributed by atoms with Gasteiger partial charge in [-0.15, -0.1) is 0 Å². The Morgan fingerprint density at radius 2 is 1.66 bits per heavy atom. The lowest BCUT2D eigenvalue weighted by Gasteiger charge is -2.11. The number of hydrogen-bond donors (Lipinski definition) is 3. The third kappa shape index (κ3) is 9.31. The number of pyridine rings is 1. The standard InChI is InChI=1S/C28H29ClN4O10S/c1-4-42-24(34)16-32-28(37)43-27-23(41-3)13-18(15-31-27)25(35)33-44(38,39)20-8-5-17(6-9-20)11-12-30-26(36)21-14-19(40-2)7-10-22(21)29/h5-10,13-15H,4,11-12,16H2,1-3H3,(H,30,36)(H,32,37)(H,33,35). The minimum absolute atomic E-state index is 0.138. The Hall–Kier alpha value is -4.89. The molecule has 0 aliphatic carbocycles. The molecule has 3 N–H and O–H groups in total. The van der Waals surface area contributed by atoms with Crippen LogP contribution in [0.2, 0.25) is 5.02 Å². The minimum atomic E-state index is -4.28. The summed E-state index contributed by atoms with van der Waals surface area (Å²) in [6.07, 6.45) is 0.341. The van der Waals surface area contributed by atoms with Gasteiger partial charge < -0.3 is 29.6 Å². The molecule has 0 unspecified atom stereocenters. The van der Waals surface area contributed by atoms with Crippen LogP contribution in [0.1, 0.15) is 33.2 Å². The molecule has 14 nitrogen and oxygen atoms in total. The zero-order valence-corrected chi connectivity index (χ0v) is 25.4. The van der Waals surface area contributed by atoms with Crippen LogP contribution in [-0.4, -0.2) is 71.2 Å². The topological polar surface area (TPSA) is 188 Å². The Labute approximate surface area is 258 Å². The van der Waals surface area contributed by atoms with E-state index >= 15 is 0 Å². The highest BCUT2D eigenvalue weighted by atomic mass is 35.5. The van der Waals surface area contributed by atoms with E-state index < -0.39 is 40.4 Å². The maximum absolute atomic E-state index is 12.8. The Kier molecular flexibility index (Phi) is 11.9. The smallest absolute Gasteiger partial charge is 0.414 e. The van der Waals surface area contributed by atoms with Crippen molar-refractivity contribution in [2.45, 2.75) is 18.2 Å². The van der Waals surface area contributed by atoms with Crippen LogP contribution >= 0.6 is 11.6 Å². The van der Waals surface area contributed by atoms with Crippen LogP contribution in [0.4, 0.5) is 4.79 Å². The molecule has 3 rings (SSSR count). The number of ether oxygens (including phenoxy) is 4. The number of carbonyl (C=O) groups is 4. The number of nitrogens with one attached hydrogen (secondary N) is 3. The van der Waals surface area contributed by atoms with Gasteiger partial charge in [-0.1, -0.05) is 23.7 Å². The average molecular weight is 649 g/mol. The number of rotatable bonds is 13. The number of benzene rings is 2. The summed E-state index contributed by atoms with van der Waals surface area (Å²) in [5, 5.41) is 5.19. The van der Waals surface area contributed by atoms with E-state index in [0.717, 1.165) is 17.8 Å². The molecule has 3 amide bonds. The molecular formula is C28H29ClN4O10S. The van der Waals surface area contributed by atoms with Crippen molar-refractivity contribution in [3.05, 3.63) is 76.4 Å². The van der Waals surface area contributed by atoms with Crippen LogP contribution in [0, 0.1) is 0 Å². The number of hydrogen-bond acceptors (Lipinski definition) is 11. The van der Waals surface area contributed by atoms with Crippen molar-refractivity contribution in [2.75, 3.05) is 33.9 Å². The third-order valence-electron chi connectivity index (χ3n) is 5.75. The molecule has 3 aromatic rings. The van der Waals surface area contributed by atoms with Crippen molar-refractivity contribution in [3.63, 3.8) is 0 Å². The highest BCUT2D eigenvalue weighted by molar-refractivity contribution is 7.90. The number of nitrogens with zero attached hydrogens (tertiary/aromatic N) is 1. The van der Waals surface area contributed by atoms with Gasteiger partial charge in [-0.25, -0.2) is 22.9 Å². The van der Waals surface area contributed by atoms with Gasteiger partial charge in [0.05, 0.1) is 41.9 Å². The van der Waals surface area contributed by atoms with E-state index in [1.165, 1.54) is 32.4 Å². The largest absolute Gasteiger partial charge is 0.497 e. The summed E-state index contributed by atoms with van der Waals surface area (Å²) in [7, 11) is -1.58. The number of aromatic nitrogens is 1. The Morgan fingerprint density at radius 1 is 0.932 bits per heavy atom. The maximum atomic E-state index is 12.8. The first kappa shape index (κ1) is 33.6. The summed E-state index contributed by atoms with van der Waals surface area (Å²) in [5.41, 5.74) is 0.783. The number of amides is 3. The fraction of sp³-hybridized carbons (Fsp3) is 0.250. The molecule has 0 aliphatic rings. The number of methoxy groups -OCH3 is 2. The van der Waals surface area contributed by atoms with Crippen LogP contribution < -0.4 is 29.6 Å². The van der Waals surface area contributed by atoms with Crippen LogP contribution in [0.5, 0.6) is 17.4 Å². The second kappa shape index (κ2) is 15.5. The quantitative estimate of drug-likeness (QED) is 0.231. The van der Waals surface area contributed by atoms with Crippen molar-refractivity contribution in [1.29, 1.82) is 0 Å². The van der Waals surface area contributed by atoms with Gasteiger partial charge in [0.1, 0.15) is 12.3 Å². The van der Waals surface area contributed by atoms with Crippen LogP contribution in [0.3, 0.4) is 0 Å². The molecule has 44 heavy (non-hydrogen) atoms. The van der Waals surface area contributed by atoms with E-state index in [1.54, 1.807) is 31.2 Å². The Bertz CT molecular complexity index is 1630. The Morgan fingerprint density at radius 3 is 2.32 bits per heavy atom. The van der Waals surface area contributed by atoms with Crippen molar-refractivity contribution in [3.8, 4) is 17.4 Å². The number of halogens is 1. The first-order chi connectivity index (χ1) is 21.0. The van der Waals surface area contributed by atoms with Gasteiger partial charge in [-0.2, -0.15) is 0 Å². The normalized spacial score (nSPS) is 10.7. The van der Waals surface area contributed by atoms with Crippen molar-refractivity contribution in [1.82, 2.24) is 20.3 Å². The fourth-order valence-electron chi connectivity index (χ4n) is 3.56. The molecule has 16 heteroatoms. The lowest BCUT2D eigenvalue weighted by molar-refractivity contribution is -0.141. The average Bonchev–Trinajstić information content (AvgIpc) is 3.00. The van der Waals surface area contributed by atoms with Crippen molar-refractivity contribution in [2.24, 2.45) is 0 Å². The predicted octanol–water partition coefficient (Wildman–Crippen LogP) is 2.49. The summed E-state index contributed by atoms with van der Waals surface area (Å²) < 4.78 is 47.5. The van der Waals surface area contributed by atoms with Gasteiger partial charge in [-0.3, -0.25) is 14.4 Å². The molecule has 0 bridgehead atoms. The third-order valence-corrected chi connectivity index (χ3v) is 7.43. The molecule has 0 radical (unpaired) electrons. The van der Waals surface area contributed by atoms with Gasteiger partial charge in [-0.05, 0) is 49.2 Å². The molecule has 234 valence electrons. The van der Waals surface area contributed by atoms with E-state index in [2.05, 4.69) is 20.4 Å². The summed E-state index contributed by atoms with van der Waals surface area (Å²) in [4.78, 5) is 52.2. The first-order valence-electron chi connectivity index (χ1n) is 12.9. The van der Waals surface area contributed by atoms with E-state index in [-0.39, 0.29) is 45.8 Å². The van der Waals surface area contributed by atoms with Crippen molar-refractivity contribution >= 4 is 45.5 Å². The van der Waals surface area contributed by atoms with Crippen molar-refractivity contribution < 1.29 is 46.5 Å². The Balaban J connectivity index is 1.57. The molecule has 0 spiro atoms. The molecule has 0 atom stereocenters. The summed E-state index contributed by atoms with van der Waals surface area (Å²) >= 11 is 6.10. The summed E-state index contributed by atoms with van der Waals surface area (Å²) in [6, 6.07) is 11.6. The zero-order chi connectivity index (χ0) is 32.3. The second-order valence-electron chi connectivity index (χ2n) is 8.71. The van der Waals surface area contributed by atoms with Crippen LogP contribution in [-0.2, 0) is 26.0 Å². The summed E-state index contributed by atoms with van der Waals surface area (Å²) in [5.74, 6) is -2.07. The zero-order valence-electron chi connectivity index (χ0n) is 23.8. The molecular weight excluding hydrogens is 620 g/mol. The second-order valence-corrected chi connectivity index (χ2v) is 10.8. The predicted molar refractivity (Wildman–Crippen MR) is 157 cm³/mol. The molecule has 0 saturated heterocycles. The monoisotopic (exact) mass is 648 g/mol. The molecule has 0 aliphatic heterocycles. The SMILES string of the molecule is CCOC(=O)CNC(=O)Oc1ncc(C(=O)NS(=O)(=O)c2ccc(CCNC(=O)c3cc(OC)ccc3Cl)cc2)cc1OC. The number of carbonyl (C=O) groups excluding carboxylic acids is 4. The highest BCUT2D eigenvalue weighted by Gasteiger charge is 2.22. The van der Waals surface area contributed by atoms with Gasteiger partial charge in [0, 0.05) is 18.8 Å². The first-order valence-corrected chi connectivity index (χ1v) is 14.8. The highest BCUT2D eigenvalue weighted by Crippen LogP contribution is 2.25. The molecule has 0 saturated carbocycles. The van der Waals surface area contributed by atoms with Gasteiger partial charge in [0.25, 0.3) is 27.7 Å². The number of esters is 1. The van der Waals surface area contributed by atoms with E-state index in [4.69, 9.17) is 25.8 Å². The van der Waals surface area contributed by atoms with Crippen LogP contribution in [0.15, 0.2) is 59.6 Å². The van der Waals surface area contributed by atoms with E-state index in [0.29, 0.717) is 12.2 Å². The van der Waals surface area contributed by atoms with Gasteiger partial charge in [0.2, 0.25) is 0 Å². The molecule has 1 aromatic heterocycles. The molecule has 2 aromatic carbocycles. The molecule has 1 heterocycles. The van der Waals surface area contributed by atoms with Gasteiger partial charge >= 0.3 is 12.1 Å². The van der Waals surface area contributed by atoms with E-state index in [9.17, 15) is 27.6 Å².